The normalized spacial score (nSPS) is 11.3. The van der Waals surface area contributed by atoms with Crippen molar-refractivity contribution < 1.29 is 4.79 Å². The summed E-state index contributed by atoms with van der Waals surface area (Å²) >= 11 is 11.3. The second-order valence-electron chi connectivity index (χ2n) is 6.07. The zero-order valence-electron chi connectivity index (χ0n) is 15.3. The largest absolute Gasteiger partial charge is 0.302 e. The average molecular weight is 467 g/mol. The van der Waals surface area contributed by atoms with E-state index in [2.05, 4.69) is 34.7 Å². The fourth-order valence-electron chi connectivity index (χ4n) is 2.85. The maximum atomic E-state index is 13.3. The molecule has 4 nitrogen and oxygen atoms in total. The zero-order valence-corrected chi connectivity index (χ0v) is 18.4. The lowest BCUT2D eigenvalue weighted by atomic mass is 10.2. The molecule has 0 saturated carbocycles. The molecule has 0 saturated heterocycles. The standard InChI is InChI=1S/C20H21BrClN3OS/c1-3-24(4-2)11-12-25(19(26)15-7-5-6-8-16(15)22)20-23-17-10-9-14(21)13-18(17)27-20/h5-10,13H,3-4,11-12H2,1-2H3. The van der Waals surface area contributed by atoms with E-state index < -0.39 is 0 Å². The van der Waals surface area contributed by atoms with Gasteiger partial charge in [0.15, 0.2) is 5.13 Å². The number of benzene rings is 2. The molecular weight excluding hydrogens is 446 g/mol. The first-order chi connectivity index (χ1) is 13.0. The van der Waals surface area contributed by atoms with E-state index in [1.165, 1.54) is 11.3 Å². The van der Waals surface area contributed by atoms with Gasteiger partial charge in [-0.3, -0.25) is 9.69 Å². The molecule has 0 N–H and O–H groups in total. The predicted octanol–water partition coefficient (Wildman–Crippen LogP) is 5.70. The third kappa shape index (κ3) is 4.69. The molecule has 1 aromatic heterocycles. The smallest absolute Gasteiger partial charge is 0.261 e. The Morgan fingerprint density at radius 2 is 1.89 bits per heavy atom. The van der Waals surface area contributed by atoms with Gasteiger partial charge < -0.3 is 4.90 Å². The van der Waals surface area contributed by atoms with Crippen LogP contribution < -0.4 is 4.90 Å². The van der Waals surface area contributed by atoms with E-state index in [0.717, 1.165) is 34.3 Å². The molecule has 0 radical (unpaired) electrons. The van der Waals surface area contributed by atoms with Crippen LogP contribution >= 0.6 is 38.9 Å². The molecule has 3 rings (SSSR count). The van der Waals surface area contributed by atoms with Gasteiger partial charge in [-0.15, -0.1) is 0 Å². The second-order valence-corrected chi connectivity index (χ2v) is 8.40. The van der Waals surface area contributed by atoms with Gasteiger partial charge >= 0.3 is 0 Å². The molecule has 0 bridgehead atoms. The molecule has 0 aliphatic rings. The summed E-state index contributed by atoms with van der Waals surface area (Å²) < 4.78 is 2.04. The fraction of sp³-hybridized carbons (Fsp3) is 0.300. The van der Waals surface area contributed by atoms with Crippen molar-refractivity contribution in [1.82, 2.24) is 9.88 Å². The van der Waals surface area contributed by atoms with Crippen LogP contribution in [-0.4, -0.2) is 42.0 Å². The lowest BCUT2D eigenvalue weighted by Gasteiger charge is -2.25. The Hall–Kier alpha value is -1.47. The number of carbonyl (C=O) groups is 1. The number of nitrogens with zero attached hydrogens (tertiary/aromatic N) is 3. The Morgan fingerprint density at radius 3 is 2.59 bits per heavy atom. The lowest BCUT2D eigenvalue weighted by molar-refractivity contribution is 0.0984. The average Bonchev–Trinajstić information content (AvgIpc) is 3.08. The molecule has 2 aromatic carbocycles. The number of carbonyl (C=O) groups excluding carboxylic acids is 1. The molecular formula is C20H21BrClN3OS. The molecule has 0 atom stereocenters. The Morgan fingerprint density at radius 1 is 1.15 bits per heavy atom. The van der Waals surface area contributed by atoms with E-state index >= 15 is 0 Å². The molecule has 27 heavy (non-hydrogen) atoms. The number of aromatic nitrogens is 1. The Labute approximate surface area is 176 Å². The van der Waals surface area contributed by atoms with Crippen molar-refractivity contribution >= 4 is 60.1 Å². The number of hydrogen-bond donors (Lipinski definition) is 0. The van der Waals surface area contributed by atoms with Gasteiger partial charge in [0.05, 0.1) is 20.8 Å². The number of thiazole rings is 1. The Kier molecular flexibility index (Phi) is 6.87. The molecule has 0 unspecified atom stereocenters. The van der Waals surface area contributed by atoms with Crippen molar-refractivity contribution in [3.05, 3.63) is 57.5 Å². The van der Waals surface area contributed by atoms with E-state index in [-0.39, 0.29) is 5.91 Å². The summed E-state index contributed by atoms with van der Waals surface area (Å²) in [4.78, 5) is 22.0. The fourth-order valence-corrected chi connectivity index (χ4v) is 4.61. The topological polar surface area (TPSA) is 36.4 Å². The van der Waals surface area contributed by atoms with Gasteiger partial charge in [-0.1, -0.05) is 64.8 Å². The highest BCUT2D eigenvalue weighted by atomic mass is 79.9. The van der Waals surface area contributed by atoms with E-state index in [9.17, 15) is 4.79 Å². The van der Waals surface area contributed by atoms with Gasteiger partial charge in [-0.25, -0.2) is 4.98 Å². The summed E-state index contributed by atoms with van der Waals surface area (Å²) in [5.74, 6) is -0.120. The third-order valence-corrected chi connectivity index (χ3v) is 6.32. The van der Waals surface area contributed by atoms with Crippen LogP contribution in [0.2, 0.25) is 5.02 Å². The minimum Gasteiger partial charge on any atom is -0.302 e. The SMILES string of the molecule is CCN(CC)CCN(C(=O)c1ccccc1Cl)c1nc2ccc(Br)cc2s1. The highest BCUT2D eigenvalue weighted by Gasteiger charge is 2.23. The third-order valence-electron chi connectivity index (χ3n) is 4.45. The van der Waals surface area contributed by atoms with Crippen LogP contribution in [0.25, 0.3) is 10.2 Å². The van der Waals surface area contributed by atoms with Gasteiger partial charge in [0.1, 0.15) is 0 Å². The van der Waals surface area contributed by atoms with E-state index in [1.807, 2.05) is 30.3 Å². The van der Waals surface area contributed by atoms with Crippen molar-refractivity contribution in [1.29, 1.82) is 0 Å². The molecule has 0 fully saturated rings. The van der Waals surface area contributed by atoms with Crippen LogP contribution in [-0.2, 0) is 0 Å². The molecule has 1 amide bonds. The molecule has 0 spiro atoms. The summed E-state index contributed by atoms with van der Waals surface area (Å²) in [6, 6.07) is 13.1. The summed E-state index contributed by atoms with van der Waals surface area (Å²) in [5.41, 5.74) is 1.39. The van der Waals surface area contributed by atoms with Gasteiger partial charge in [-0.05, 0) is 43.4 Å². The summed E-state index contributed by atoms with van der Waals surface area (Å²) in [6.45, 7) is 7.47. The quantitative estimate of drug-likeness (QED) is 0.448. The van der Waals surface area contributed by atoms with Gasteiger partial charge in [0.2, 0.25) is 0 Å². The van der Waals surface area contributed by atoms with Crippen LogP contribution in [0.4, 0.5) is 5.13 Å². The van der Waals surface area contributed by atoms with E-state index in [1.54, 1.807) is 17.0 Å². The minimum absolute atomic E-state index is 0.120. The van der Waals surface area contributed by atoms with E-state index in [4.69, 9.17) is 16.6 Å². The van der Waals surface area contributed by atoms with Crippen molar-refractivity contribution in [3.63, 3.8) is 0 Å². The maximum Gasteiger partial charge on any atom is 0.261 e. The maximum absolute atomic E-state index is 13.3. The zero-order chi connectivity index (χ0) is 19.4. The molecule has 142 valence electrons. The van der Waals surface area contributed by atoms with Crippen LogP contribution in [0.15, 0.2) is 46.9 Å². The molecule has 3 aromatic rings. The lowest BCUT2D eigenvalue weighted by Crippen LogP contribution is -2.39. The van der Waals surface area contributed by atoms with Crippen molar-refractivity contribution in [2.24, 2.45) is 0 Å². The number of hydrogen-bond acceptors (Lipinski definition) is 4. The first kappa shape index (κ1) is 20.3. The summed E-state index contributed by atoms with van der Waals surface area (Å²) in [6.07, 6.45) is 0. The number of halogens is 2. The Balaban J connectivity index is 1.97. The number of rotatable bonds is 7. The minimum atomic E-state index is -0.120. The monoisotopic (exact) mass is 465 g/mol. The number of fused-ring (bicyclic) bond motifs is 1. The van der Waals surface area contributed by atoms with Crippen LogP contribution in [0.1, 0.15) is 24.2 Å². The van der Waals surface area contributed by atoms with Crippen molar-refractivity contribution in [3.8, 4) is 0 Å². The van der Waals surface area contributed by atoms with Gasteiger partial charge in [0, 0.05) is 17.6 Å². The van der Waals surface area contributed by atoms with Crippen LogP contribution in [0.5, 0.6) is 0 Å². The molecule has 7 heteroatoms. The van der Waals surface area contributed by atoms with Gasteiger partial charge in [-0.2, -0.15) is 0 Å². The number of likely N-dealkylation sites (N-methyl/N-ethyl adjacent to an activating group) is 1. The molecule has 0 aliphatic heterocycles. The van der Waals surface area contributed by atoms with Gasteiger partial charge in [0.25, 0.3) is 5.91 Å². The van der Waals surface area contributed by atoms with Crippen LogP contribution in [0.3, 0.4) is 0 Å². The highest BCUT2D eigenvalue weighted by Crippen LogP contribution is 2.32. The van der Waals surface area contributed by atoms with Crippen molar-refractivity contribution in [2.45, 2.75) is 13.8 Å². The number of anilines is 1. The van der Waals surface area contributed by atoms with Crippen LogP contribution in [0, 0.1) is 0 Å². The predicted molar refractivity (Wildman–Crippen MR) is 118 cm³/mol. The summed E-state index contributed by atoms with van der Waals surface area (Å²) in [7, 11) is 0. The Bertz CT molecular complexity index is 942. The second kappa shape index (κ2) is 9.15. The highest BCUT2D eigenvalue weighted by molar-refractivity contribution is 9.10. The number of amides is 1. The first-order valence-corrected chi connectivity index (χ1v) is 10.9. The van der Waals surface area contributed by atoms with Crippen molar-refractivity contribution in [2.75, 3.05) is 31.1 Å². The van der Waals surface area contributed by atoms with E-state index in [0.29, 0.717) is 22.3 Å². The first-order valence-electron chi connectivity index (χ1n) is 8.88. The molecule has 1 heterocycles. The molecule has 0 aliphatic carbocycles. The summed E-state index contributed by atoms with van der Waals surface area (Å²) in [5, 5.41) is 1.15.